The molecule has 0 saturated carbocycles. The third-order valence-electron chi connectivity index (χ3n) is 4.72. The van der Waals surface area contributed by atoms with Gasteiger partial charge < -0.3 is 4.90 Å². The van der Waals surface area contributed by atoms with Gasteiger partial charge in [0.15, 0.2) is 0 Å². The minimum Gasteiger partial charge on any atom is -0.371 e. The van der Waals surface area contributed by atoms with E-state index in [2.05, 4.69) is 66.4 Å². The first kappa shape index (κ1) is 14.3. The standard InChI is InChI=1S/C21H22N2/c1-16-14-21(23-12-6-3-7-13-23)19-11-10-18(15-20(19)22-16)17-8-4-2-5-9-17/h2,4-5,8-11,14-15H,3,6-7,12-13H2,1H3. The molecule has 0 unspecified atom stereocenters. The molecule has 2 aromatic carbocycles. The van der Waals surface area contributed by atoms with E-state index in [0.717, 1.165) is 11.2 Å². The lowest BCUT2D eigenvalue weighted by Crippen LogP contribution is -2.29. The molecular formula is C21H22N2. The van der Waals surface area contributed by atoms with Gasteiger partial charge in [0.2, 0.25) is 0 Å². The summed E-state index contributed by atoms with van der Waals surface area (Å²) in [5, 5.41) is 1.28. The summed E-state index contributed by atoms with van der Waals surface area (Å²) in [5.74, 6) is 0. The van der Waals surface area contributed by atoms with Crippen molar-refractivity contribution in [3.8, 4) is 11.1 Å². The Morgan fingerprint density at radius 1 is 0.826 bits per heavy atom. The van der Waals surface area contributed by atoms with Crippen LogP contribution in [-0.2, 0) is 0 Å². The van der Waals surface area contributed by atoms with Gasteiger partial charge in [0.1, 0.15) is 0 Å². The molecule has 2 nitrogen and oxygen atoms in total. The third-order valence-corrected chi connectivity index (χ3v) is 4.72. The largest absolute Gasteiger partial charge is 0.371 e. The Morgan fingerprint density at radius 2 is 1.61 bits per heavy atom. The third kappa shape index (κ3) is 2.81. The maximum atomic E-state index is 4.79. The first-order chi connectivity index (χ1) is 11.3. The summed E-state index contributed by atoms with van der Waals surface area (Å²) in [6, 6.07) is 19.5. The highest BCUT2D eigenvalue weighted by atomic mass is 15.1. The molecule has 116 valence electrons. The predicted molar refractivity (Wildman–Crippen MR) is 98.0 cm³/mol. The molecule has 4 rings (SSSR count). The van der Waals surface area contributed by atoms with E-state index in [1.807, 2.05) is 0 Å². The SMILES string of the molecule is Cc1cc(N2CCCCC2)c2ccc(-c3ccccc3)cc2n1. The molecule has 0 bridgehead atoms. The lowest BCUT2D eigenvalue weighted by atomic mass is 10.0. The molecule has 0 aliphatic carbocycles. The summed E-state index contributed by atoms with van der Waals surface area (Å²) in [5.41, 5.74) is 6.04. The number of pyridine rings is 1. The van der Waals surface area contributed by atoms with Crippen LogP contribution in [0.3, 0.4) is 0 Å². The Hall–Kier alpha value is -2.35. The van der Waals surface area contributed by atoms with Gasteiger partial charge in [-0.05, 0) is 49.4 Å². The highest BCUT2D eigenvalue weighted by Gasteiger charge is 2.15. The fraction of sp³-hybridized carbons (Fsp3) is 0.286. The maximum Gasteiger partial charge on any atom is 0.0732 e. The van der Waals surface area contributed by atoms with E-state index < -0.39 is 0 Å². The lowest BCUT2D eigenvalue weighted by Gasteiger charge is -2.30. The van der Waals surface area contributed by atoms with Crippen LogP contribution in [0.4, 0.5) is 5.69 Å². The molecule has 3 aromatic rings. The van der Waals surface area contributed by atoms with Gasteiger partial charge in [-0.1, -0.05) is 42.5 Å². The van der Waals surface area contributed by atoms with Crippen LogP contribution in [0.15, 0.2) is 54.6 Å². The second-order valence-corrected chi connectivity index (χ2v) is 6.43. The molecule has 2 heterocycles. The number of rotatable bonds is 2. The van der Waals surface area contributed by atoms with E-state index in [4.69, 9.17) is 4.98 Å². The van der Waals surface area contributed by atoms with Crippen molar-refractivity contribution in [3.63, 3.8) is 0 Å². The van der Waals surface area contributed by atoms with Gasteiger partial charge >= 0.3 is 0 Å². The van der Waals surface area contributed by atoms with Gasteiger partial charge in [0.25, 0.3) is 0 Å². The van der Waals surface area contributed by atoms with E-state index >= 15 is 0 Å². The van der Waals surface area contributed by atoms with Crippen molar-refractivity contribution in [2.45, 2.75) is 26.2 Å². The van der Waals surface area contributed by atoms with Gasteiger partial charge in [0, 0.05) is 29.9 Å². The Kier molecular flexibility index (Phi) is 3.74. The average Bonchev–Trinajstić information content (AvgIpc) is 2.62. The van der Waals surface area contributed by atoms with Crippen LogP contribution < -0.4 is 4.90 Å². The fourth-order valence-electron chi connectivity index (χ4n) is 3.55. The Balaban J connectivity index is 1.83. The summed E-state index contributed by atoms with van der Waals surface area (Å²) in [7, 11) is 0. The van der Waals surface area contributed by atoms with Crippen molar-refractivity contribution >= 4 is 16.6 Å². The van der Waals surface area contributed by atoms with E-state index in [-0.39, 0.29) is 0 Å². The number of nitrogens with zero attached hydrogens (tertiary/aromatic N) is 2. The van der Waals surface area contributed by atoms with Gasteiger partial charge in [-0.2, -0.15) is 0 Å². The number of hydrogen-bond acceptors (Lipinski definition) is 2. The predicted octanol–water partition coefficient (Wildman–Crippen LogP) is 5.20. The topological polar surface area (TPSA) is 16.1 Å². The molecule has 1 fully saturated rings. The summed E-state index contributed by atoms with van der Waals surface area (Å²) in [4.78, 5) is 7.32. The van der Waals surface area contributed by atoms with Crippen LogP contribution >= 0.6 is 0 Å². The number of piperidine rings is 1. The minimum absolute atomic E-state index is 1.10. The van der Waals surface area contributed by atoms with Crippen molar-refractivity contribution < 1.29 is 0 Å². The zero-order chi connectivity index (χ0) is 15.6. The monoisotopic (exact) mass is 302 g/mol. The van der Waals surface area contributed by atoms with Gasteiger partial charge in [-0.25, -0.2) is 0 Å². The van der Waals surface area contributed by atoms with Gasteiger partial charge in [-0.3, -0.25) is 4.98 Å². The highest BCUT2D eigenvalue weighted by molar-refractivity contribution is 5.94. The smallest absolute Gasteiger partial charge is 0.0732 e. The van der Waals surface area contributed by atoms with Crippen LogP contribution in [0.2, 0.25) is 0 Å². The summed E-state index contributed by atoms with van der Waals surface area (Å²) in [6.07, 6.45) is 3.95. The van der Waals surface area contributed by atoms with Gasteiger partial charge in [-0.15, -0.1) is 0 Å². The molecule has 1 aliphatic heterocycles. The molecule has 0 spiro atoms. The second-order valence-electron chi connectivity index (χ2n) is 6.43. The van der Waals surface area contributed by atoms with Crippen LogP contribution in [-0.4, -0.2) is 18.1 Å². The van der Waals surface area contributed by atoms with Crippen molar-refractivity contribution in [1.82, 2.24) is 4.98 Å². The van der Waals surface area contributed by atoms with E-state index in [9.17, 15) is 0 Å². The van der Waals surface area contributed by atoms with Crippen LogP contribution in [0, 0.1) is 6.92 Å². The van der Waals surface area contributed by atoms with Crippen molar-refractivity contribution in [1.29, 1.82) is 0 Å². The lowest BCUT2D eigenvalue weighted by molar-refractivity contribution is 0.579. The number of fused-ring (bicyclic) bond motifs is 1. The molecule has 0 N–H and O–H groups in total. The van der Waals surface area contributed by atoms with Crippen LogP contribution in [0.5, 0.6) is 0 Å². The Labute approximate surface area is 137 Å². The number of anilines is 1. The number of benzene rings is 2. The molecule has 2 heteroatoms. The van der Waals surface area contributed by atoms with E-state index in [0.29, 0.717) is 0 Å². The Morgan fingerprint density at radius 3 is 2.39 bits per heavy atom. The maximum absolute atomic E-state index is 4.79. The fourth-order valence-corrected chi connectivity index (χ4v) is 3.55. The van der Waals surface area contributed by atoms with Crippen LogP contribution in [0.1, 0.15) is 25.0 Å². The quantitative estimate of drug-likeness (QED) is 0.646. The van der Waals surface area contributed by atoms with Crippen molar-refractivity contribution in [2.75, 3.05) is 18.0 Å². The number of hydrogen-bond donors (Lipinski definition) is 0. The first-order valence-corrected chi connectivity index (χ1v) is 8.53. The molecule has 0 radical (unpaired) electrons. The van der Waals surface area contributed by atoms with Gasteiger partial charge in [0.05, 0.1) is 5.52 Å². The zero-order valence-corrected chi connectivity index (χ0v) is 13.6. The summed E-state index contributed by atoms with van der Waals surface area (Å²) in [6.45, 7) is 4.43. The highest BCUT2D eigenvalue weighted by Crippen LogP contribution is 2.31. The Bertz CT molecular complexity index is 818. The minimum atomic E-state index is 1.10. The first-order valence-electron chi connectivity index (χ1n) is 8.53. The molecule has 0 atom stereocenters. The zero-order valence-electron chi connectivity index (χ0n) is 13.6. The molecular weight excluding hydrogens is 280 g/mol. The number of aryl methyl sites for hydroxylation is 1. The normalized spacial score (nSPS) is 15.1. The summed E-state index contributed by atoms with van der Waals surface area (Å²) < 4.78 is 0. The number of aromatic nitrogens is 1. The van der Waals surface area contributed by atoms with Crippen LogP contribution in [0.25, 0.3) is 22.0 Å². The second kappa shape index (κ2) is 6.04. The van der Waals surface area contributed by atoms with E-state index in [1.54, 1.807) is 0 Å². The molecule has 1 saturated heterocycles. The average molecular weight is 302 g/mol. The van der Waals surface area contributed by atoms with E-state index in [1.165, 1.54) is 54.6 Å². The van der Waals surface area contributed by atoms with Crippen molar-refractivity contribution in [3.05, 3.63) is 60.3 Å². The molecule has 1 aliphatic rings. The summed E-state index contributed by atoms with van der Waals surface area (Å²) >= 11 is 0. The van der Waals surface area contributed by atoms with Crippen molar-refractivity contribution in [2.24, 2.45) is 0 Å². The molecule has 0 amide bonds. The molecule has 1 aromatic heterocycles. The molecule has 23 heavy (non-hydrogen) atoms.